The topological polar surface area (TPSA) is 8.81 Å². The van der Waals surface area contributed by atoms with Gasteiger partial charge in [-0.05, 0) is 0 Å². The summed E-state index contributed by atoms with van der Waals surface area (Å²) in [6.07, 6.45) is 4.75. The Morgan fingerprint density at radius 3 is 2.82 bits per heavy atom. The standard InChI is InChI=1S/C7H10N2S2/c1-8-3-4-9(2)6(8)5-7(10)11/h3-4H,5H2,1-2H3/p+1. The zero-order chi connectivity index (χ0) is 8.43. The molecule has 4 heteroatoms. The highest BCUT2D eigenvalue weighted by atomic mass is 32.1. The van der Waals surface area contributed by atoms with E-state index in [1.165, 1.54) is 5.82 Å². The summed E-state index contributed by atoms with van der Waals surface area (Å²) in [6.45, 7) is 0. The van der Waals surface area contributed by atoms with E-state index in [9.17, 15) is 0 Å². The molecule has 0 fully saturated rings. The molecule has 60 valence electrons. The average molecular weight is 187 g/mol. The van der Waals surface area contributed by atoms with Gasteiger partial charge in [0.05, 0.1) is 24.7 Å². The second-order valence-corrected chi connectivity index (χ2v) is 3.84. The van der Waals surface area contributed by atoms with Crippen LogP contribution < -0.4 is 4.57 Å². The normalized spacial score (nSPS) is 10.1. The maximum atomic E-state index is 4.90. The molecule has 0 aliphatic carbocycles. The van der Waals surface area contributed by atoms with E-state index in [1.54, 1.807) is 0 Å². The molecule has 0 spiro atoms. The molecule has 0 amide bonds. The number of thiocarbonyl (C=S) groups is 1. The molecular formula is C7H11N2S2+. The molecule has 0 aliphatic heterocycles. The van der Waals surface area contributed by atoms with Gasteiger partial charge < -0.3 is 0 Å². The number of rotatable bonds is 2. The molecular weight excluding hydrogens is 176 g/mol. The molecule has 0 bridgehead atoms. The molecule has 2 nitrogen and oxygen atoms in total. The van der Waals surface area contributed by atoms with Gasteiger partial charge in [-0.2, -0.15) is 0 Å². The van der Waals surface area contributed by atoms with Crippen molar-refractivity contribution in [1.82, 2.24) is 4.57 Å². The van der Waals surface area contributed by atoms with Gasteiger partial charge in [0.25, 0.3) is 5.82 Å². The van der Waals surface area contributed by atoms with Crippen LogP contribution in [0.4, 0.5) is 0 Å². The van der Waals surface area contributed by atoms with Gasteiger partial charge in [0, 0.05) is 0 Å². The van der Waals surface area contributed by atoms with E-state index >= 15 is 0 Å². The van der Waals surface area contributed by atoms with Crippen LogP contribution in [0.5, 0.6) is 0 Å². The van der Waals surface area contributed by atoms with E-state index in [2.05, 4.69) is 12.6 Å². The summed E-state index contributed by atoms with van der Waals surface area (Å²) < 4.78 is 4.81. The van der Waals surface area contributed by atoms with Crippen LogP contribution in [0, 0.1) is 0 Å². The van der Waals surface area contributed by atoms with Crippen molar-refractivity contribution in [3.05, 3.63) is 18.2 Å². The van der Waals surface area contributed by atoms with Crippen LogP contribution in [0.25, 0.3) is 0 Å². The van der Waals surface area contributed by atoms with Crippen LogP contribution in [0.15, 0.2) is 12.4 Å². The van der Waals surface area contributed by atoms with Gasteiger partial charge in [0.15, 0.2) is 0 Å². The maximum Gasteiger partial charge on any atom is 0.261 e. The quantitative estimate of drug-likeness (QED) is 0.406. The number of thiol groups is 1. The van der Waals surface area contributed by atoms with Gasteiger partial charge in [-0.1, -0.05) is 12.2 Å². The Hall–Kier alpha value is -0.350. The lowest BCUT2D eigenvalue weighted by Gasteiger charge is -1.94. The molecule has 0 unspecified atom stereocenters. The molecule has 0 aliphatic rings. The Kier molecular flexibility index (Phi) is 2.67. The fourth-order valence-electron chi connectivity index (χ4n) is 1.01. The maximum absolute atomic E-state index is 4.90. The molecule has 0 saturated heterocycles. The Bertz CT molecular complexity index is 258. The fraction of sp³-hybridized carbons (Fsp3) is 0.429. The van der Waals surface area contributed by atoms with E-state index < -0.39 is 0 Å². The molecule has 11 heavy (non-hydrogen) atoms. The van der Waals surface area contributed by atoms with E-state index in [4.69, 9.17) is 12.2 Å². The Labute approximate surface area is 77.3 Å². The van der Waals surface area contributed by atoms with Gasteiger partial charge in [-0.3, -0.25) is 0 Å². The monoisotopic (exact) mass is 187 g/mol. The molecule has 0 aromatic carbocycles. The minimum atomic E-state index is 0.724. The minimum Gasteiger partial charge on any atom is -0.237 e. The number of imidazole rings is 1. The van der Waals surface area contributed by atoms with Crippen molar-refractivity contribution >= 4 is 29.0 Å². The number of hydrogen-bond acceptors (Lipinski definition) is 1. The van der Waals surface area contributed by atoms with Crippen LogP contribution >= 0.6 is 24.8 Å². The molecule has 1 rings (SSSR count). The minimum absolute atomic E-state index is 0.724. The van der Waals surface area contributed by atoms with Crippen molar-refractivity contribution in [2.45, 2.75) is 6.42 Å². The van der Waals surface area contributed by atoms with Crippen molar-refractivity contribution in [3.63, 3.8) is 0 Å². The number of nitrogens with zero attached hydrogens (tertiary/aromatic N) is 2. The number of aryl methyl sites for hydroxylation is 2. The lowest BCUT2D eigenvalue weighted by atomic mass is 10.4. The first-order chi connectivity index (χ1) is 5.11. The van der Waals surface area contributed by atoms with Gasteiger partial charge in [-0.25, -0.2) is 9.13 Å². The first-order valence-corrected chi connectivity index (χ1v) is 4.18. The highest BCUT2D eigenvalue weighted by Gasteiger charge is 2.11. The molecule has 1 aromatic rings. The summed E-state index contributed by atoms with van der Waals surface area (Å²) in [5, 5.41) is 0. The molecule has 0 N–H and O–H groups in total. The number of hydrogen-bond donors (Lipinski definition) is 1. The molecule has 1 aromatic heterocycles. The van der Waals surface area contributed by atoms with Crippen molar-refractivity contribution in [2.24, 2.45) is 14.1 Å². The smallest absolute Gasteiger partial charge is 0.237 e. The largest absolute Gasteiger partial charge is 0.261 e. The summed E-state index contributed by atoms with van der Waals surface area (Å²) in [7, 11) is 4.00. The van der Waals surface area contributed by atoms with Gasteiger partial charge in [-0.15, -0.1) is 12.6 Å². The predicted octanol–water partition coefficient (Wildman–Crippen LogP) is 0.649. The van der Waals surface area contributed by atoms with Gasteiger partial charge in [0.2, 0.25) is 0 Å². The van der Waals surface area contributed by atoms with Gasteiger partial charge in [0.1, 0.15) is 12.4 Å². The molecule has 0 atom stereocenters. The van der Waals surface area contributed by atoms with Crippen LogP contribution in [0.1, 0.15) is 5.82 Å². The summed E-state index contributed by atoms with van der Waals surface area (Å²) in [6, 6.07) is 0. The fourth-order valence-corrected chi connectivity index (χ4v) is 1.28. The molecule has 0 radical (unpaired) electrons. The second kappa shape index (κ2) is 3.36. The average Bonchev–Trinajstić information content (AvgIpc) is 2.18. The highest BCUT2D eigenvalue weighted by Crippen LogP contribution is 1.97. The van der Waals surface area contributed by atoms with Crippen molar-refractivity contribution in [1.29, 1.82) is 0 Å². The zero-order valence-electron chi connectivity index (χ0n) is 6.61. The summed E-state index contributed by atoms with van der Waals surface area (Å²) >= 11 is 8.98. The van der Waals surface area contributed by atoms with Crippen LogP contribution in [0.2, 0.25) is 0 Å². The third-order valence-electron chi connectivity index (χ3n) is 1.64. The van der Waals surface area contributed by atoms with E-state index in [0.717, 1.165) is 10.6 Å². The second-order valence-electron chi connectivity index (χ2n) is 2.51. The van der Waals surface area contributed by atoms with Crippen molar-refractivity contribution < 1.29 is 4.57 Å². The SMILES string of the molecule is Cn1cc[n+](C)c1CC(=S)S. The Morgan fingerprint density at radius 2 is 2.45 bits per heavy atom. The predicted molar refractivity (Wildman–Crippen MR) is 51.9 cm³/mol. The van der Waals surface area contributed by atoms with E-state index in [-0.39, 0.29) is 0 Å². The van der Waals surface area contributed by atoms with E-state index in [0.29, 0.717) is 0 Å². The molecule has 0 saturated carbocycles. The Morgan fingerprint density at radius 1 is 1.82 bits per heavy atom. The third kappa shape index (κ3) is 2.04. The van der Waals surface area contributed by atoms with Crippen molar-refractivity contribution in [3.8, 4) is 0 Å². The first-order valence-electron chi connectivity index (χ1n) is 3.33. The summed E-state index contributed by atoms with van der Waals surface area (Å²) in [4.78, 5) is 0. The highest BCUT2D eigenvalue weighted by molar-refractivity contribution is 8.11. The summed E-state index contributed by atoms with van der Waals surface area (Å²) in [5.74, 6) is 1.17. The summed E-state index contributed by atoms with van der Waals surface area (Å²) in [5.41, 5.74) is 0. The lowest BCUT2D eigenvalue weighted by molar-refractivity contribution is -0.678. The van der Waals surface area contributed by atoms with Crippen molar-refractivity contribution in [2.75, 3.05) is 0 Å². The molecule has 1 heterocycles. The first kappa shape index (κ1) is 8.74. The van der Waals surface area contributed by atoms with Crippen LogP contribution in [0.3, 0.4) is 0 Å². The van der Waals surface area contributed by atoms with E-state index in [1.807, 2.05) is 35.6 Å². The van der Waals surface area contributed by atoms with Gasteiger partial charge >= 0.3 is 0 Å². The Balaban J connectivity index is 2.92. The number of aromatic nitrogens is 2. The lowest BCUT2D eigenvalue weighted by Crippen LogP contribution is -2.32. The zero-order valence-corrected chi connectivity index (χ0v) is 8.32. The third-order valence-corrected chi connectivity index (χ3v) is 1.94. The van der Waals surface area contributed by atoms with Crippen LogP contribution in [-0.4, -0.2) is 8.76 Å². The van der Waals surface area contributed by atoms with Crippen LogP contribution in [-0.2, 0) is 20.5 Å².